The zero-order valence-electron chi connectivity index (χ0n) is 32.4. The van der Waals surface area contributed by atoms with Gasteiger partial charge in [0.25, 0.3) is 0 Å². The Labute approximate surface area is 320 Å². The number of esters is 2. The molecule has 9 nitrogen and oxygen atoms in total. The smallest absolute Gasteiger partial charge is 0.462 e. The summed E-state index contributed by atoms with van der Waals surface area (Å²) in [7, 11) is -4.41. The molecule has 0 radical (unpaired) electrons. The number of allylic oxidation sites excluding steroid dienone is 18. The number of unbranched alkanes of at least 4 members (excludes halogenated alkanes) is 3. The number of carbonyl (C=O) groups is 2. The predicted molar refractivity (Wildman–Crippen MR) is 219 cm³/mol. The van der Waals surface area contributed by atoms with Crippen LogP contribution in [0.3, 0.4) is 0 Å². The fourth-order valence-electron chi connectivity index (χ4n) is 4.36. The Morgan fingerprint density at radius 2 is 0.981 bits per heavy atom. The Hall–Kier alpha value is -3.33. The van der Waals surface area contributed by atoms with Gasteiger partial charge in [-0.1, -0.05) is 123 Å². The maximum Gasteiger partial charge on any atom is 0.472 e. The van der Waals surface area contributed by atoms with Crippen LogP contribution in [0, 0.1) is 0 Å². The maximum absolute atomic E-state index is 12.5. The van der Waals surface area contributed by atoms with E-state index in [0.29, 0.717) is 19.3 Å². The van der Waals surface area contributed by atoms with Gasteiger partial charge >= 0.3 is 19.8 Å². The first-order valence-corrected chi connectivity index (χ1v) is 20.9. The highest BCUT2D eigenvalue weighted by Crippen LogP contribution is 2.43. The molecule has 2 unspecified atom stereocenters. The van der Waals surface area contributed by atoms with Gasteiger partial charge in [0.1, 0.15) is 6.61 Å². The largest absolute Gasteiger partial charge is 0.472 e. The van der Waals surface area contributed by atoms with Crippen LogP contribution in [-0.2, 0) is 32.7 Å². The van der Waals surface area contributed by atoms with Crippen LogP contribution in [-0.4, -0.2) is 49.3 Å². The second-order valence-corrected chi connectivity index (χ2v) is 13.5. The van der Waals surface area contributed by atoms with Gasteiger partial charge in [-0.15, -0.1) is 0 Å². The molecule has 0 saturated carbocycles. The monoisotopic (exact) mass is 757 g/mol. The third kappa shape index (κ3) is 38.2. The Kier molecular flexibility index (Phi) is 36.0. The number of phosphoric acid groups is 1. The number of ether oxygens (including phenoxy) is 2. The summed E-state index contributed by atoms with van der Waals surface area (Å²) >= 11 is 0. The van der Waals surface area contributed by atoms with E-state index in [-0.39, 0.29) is 32.6 Å². The molecule has 3 N–H and O–H groups in total. The molecule has 0 bridgehead atoms. The summed E-state index contributed by atoms with van der Waals surface area (Å²) in [5.41, 5.74) is 5.33. The second-order valence-electron chi connectivity index (χ2n) is 12.0. The number of hydrogen-bond acceptors (Lipinski definition) is 8. The minimum atomic E-state index is -4.41. The summed E-state index contributed by atoms with van der Waals surface area (Å²) < 4.78 is 32.6. The van der Waals surface area contributed by atoms with Crippen molar-refractivity contribution >= 4 is 19.8 Å². The molecule has 2 atom stereocenters. The van der Waals surface area contributed by atoms with Crippen molar-refractivity contribution in [3.63, 3.8) is 0 Å². The molecular weight excluding hydrogens is 689 g/mol. The highest BCUT2D eigenvalue weighted by molar-refractivity contribution is 7.47. The molecule has 0 saturated heterocycles. The van der Waals surface area contributed by atoms with Gasteiger partial charge in [0, 0.05) is 19.4 Å². The molecule has 0 aromatic heterocycles. The lowest BCUT2D eigenvalue weighted by atomic mass is 10.2. The molecule has 0 spiro atoms. The lowest BCUT2D eigenvalue weighted by molar-refractivity contribution is -0.161. The summed E-state index contributed by atoms with van der Waals surface area (Å²) in [6, 6.07) is 0. The number of hydrogen-bond donors (Lipinski definition) is 2. The van der Waals surface area contributed by atoms with Crippen LogP contribution in [0.15, 0.2) is 109 Å². The van der Waals surface area contributed by atoms with Crippen LogP contribution in [0.4, 0.5) is 0 Å². The molecular formula is C43H68NO8P. The van der Waals surface area contributed by atoms with Crippen LogP contribution in [0.5, 0.6) is 0 Å². The SMILES string of the molecule is CCC=CCC=CCC=CCC=CCC=CCCCC(=O)OC(COC(=O)CCCCC=CCC=CCC=CCC=CCC)COP(=O)(O)OCCN. The number of rotatable bonds is 34. The minimum absolute atomic E-state index is 0.0319. The van der Waals surface area contributed by atoms with E-state index in [1.165, 1.54) is 0 Å². The highest BCUT2D eigenvalue weighted by Gasteiger charge is 2.25. The Morgan fingerprint density at radius 3 is 1.43 bits per heavy atom. The minimum Gasteiger partial charge on any atom is -0.462 e. The van der Waals surface area contributed by atoms with Crippen molar-refractivity contribution < 1.29 is 37.6 Å². The summed E-state index contributed by atoms with van der Waals surface area (Å²) in [6.45, 7) is 3.34. The van der Waals surface area contributed by atoms with Crippen molar-refractivity contribution in [3.8, 4) is 0 Å². The second kappa shape index (κ2) is 38.4. The van der Waals surface area contributed by atoms with Gasteiger partial charge < -0.3 is 20.1 Å². The van der Waals surface area contributed by atoms with Gasteiger partial charge in [0.2, 0.25) is 0 Å². The van der Waals surface area contributed by atoms with Gasteiger partial charge in [-0.2, -0.15) is 0 Å². The van der Waals surface area contributed by atoms with E-state index in [0.717, 1.165) is 70.6 Å². The number of carbonyl (C=O) groups excluding carboxylic acids is 2. The van der Waals surface area contributed by atoms with Crippen molar-refractivity contribution in [1.29, 1.82) is 0 Å². The summed E-state index contributed by atoms with van der Waals surface area (Å²) in [5, 5.41) is 0. The van der Waals surface area contributed by atoms with E-state index in [9.17, 15) is 19.0 Å². The molecule has 0 heterocycles. The topological polar surface area (TPSA) is 134 Å². The Bertz CT molecular complexity index is 1230. The average molecular weight is 758 g/mol. The van der Waals surface area contributed by atoms with E-state index >= 15 is 0 Å². The first kappa shape index (κ1) is 49.7. The Morgan fingerprint density at radius 1 is 0.566 bits per heavy atom. The van der Waals surface area contributed by atoms with Crippen LogP contribution >= 0.6 is 7.82 Å². The molecule has 0 aliphatic carbocycles. The van der Waals surface area contributed by atoms with E-state index in [1.54, 1.807) is 0 Å². The lowest BCUT2D eigenvalue weighted by Gasteiger charge is -2.19. The Balaban J connectivity index is 4.42. The third-order valence-corrected chi connectivity index (χ3v) is 8.14. The van der Waals surface area contributed by atoms with Gasteiger partial charge in [0.15, 0.2) is 6.10 Å². The summed E-state index contributed by atoms with van der Waals surface area (Å²) in [6.07, 6.45) is 49.9. The van der Waals surface area contributed by atoms with Crippen LogP contribution < -0.4 is 5.73 Å². The predicted octanol–water partition coefficient (Wildman–Crippen LogP) is 10.8. The normalized spacial score (nSPS) is 14.6. The van der Waals surface area contributed by atoms with Gasteiger partial charge in [-0.25, -0.2) is 4.57 Å². The third-order valence-electron chi connectivity index (χ3n) is 7.15. The van der Waals surface area contributed by atoms with Crippen LogP contribution in [0.2, 0.25) is 0 Å². The molecule has 0 aromatic carbocycles. The molecule has 53 heavy (non-hydrogen) atoms. The fourth-order valence-corrected chi connectivity index (χ4v) is 5.13. The van der Waals surface area contributed by atoms with Crippen molar-refractivity contribution in [2.75, 3.05) is 26.4 Å². The van der Waals surface area contributed by atoms with Crippen molar-refractivity contribution in [2.24, 2.45) is 5.73 Å². The first-order valence-electron chi connectivity index (χ1n) is 19.4. The summed E-state index contributed by atoms with van der Waals surface area (Å²) in [4.78, 5) is 34.7. The van der Waals surface area contributed by atoms with E-state index in [1.807, 2.05) is 6.08 Å². The average Bonchev–Trinajstić information content (AvgIpc) is 3.14. The summed E-state index contributed by atoms with van der Waals surface area (Å²) in [5.74, 6) is -0.961. The molecule has 0 amide bonds. The van der Waals surface area contributed by atoms with Gasteiger partial charge in [-0.3, -0.25) is 18.6 Å². The van der Waals surface area contributed by atoms with Crippen LogP contribution in [0.1, 0.15) is 117 Å². The maximum atomic E-state index is 12.5. The molecule has 0 aliphatic heterocycles. The van der Waals surface area contributed by atoms with Crippen molar-refractivity contribution in [1.82, 2.24) is 0 Å². The molecule has 10 heteroatoms. The first-order chi connectivity index (χ1) is 25.8. The van der Waals surface area contributed by atoms with E-state index in [2.05, 4.69) is 117 Å². The zero-order chi connectivity index (χ0) is 38.9. The van der Waals surface area contributed by atoms with E-state index < -0.39 is 32.5 Å². The van der Waals surface area contributed by atoms with Crippen LogP contribution in [0.25, 0.3) is 0 Å². The van der Waals surface area contributed by atoms with Crippen molar-refractivity contribution in [3.05, 3.63) is 109 Å². The van der Waals surface area contributed by atoms with Crippen molar-refractivity contribution in [2.45, 2.75) is 123 Å². The molecule has 0 fully saturated rings. The standard InChI is InChI=1S/C43H68NO8P/c1-3-5-7-9-11-13-15-17-19-20-22-24-26-28-30-32-34-36-43(46)52-41(40-51-53(47,48)50-38-37-44)39-49-42(45)35-33-31-29-27-25-23-21-18-16-14-12-10-8-6-4-2/h5-8,11-14,17-19,21-22,24-25,27-28,30,41H,3-4,9-10,15-16,20,23,26,29,31-40,44H2,1-2H3,(H,47,48). The molecule has 0 aromatic rings. The highest BCUT2D eigenvalue weighted by atomic mass is 31.2. The van der Waals surface area contributed by atoms with E-state index in [4.69, 9.17) is 24.3 Å². The molecule has 298 valence electrons. The fraction of sp³-hybridized carbons (Fsp3) is 0.535. The zero-order valence-corrected chi connectivity index (χ0v) is 33.3. The molecule has 0 aliphatic rings. The van der Waals surface area contributed by atoms with Gasteiger partial charge in [0.05, 0.1) is 13.2 Å². The van der Waals surface area contributed by atoms with Gasteiger partial charge in [-0.05, 0) is 89.9 Å². The quantitative estimate of drug-likeness (QED) is 0.0285. The number of phosphoric ester groups is 1. The lowest BCUT2D eigenvalue weighted by Crippen LogP contribution is -2.29. The molecule has 0 rings (SSSR count). The number of nitrogens with two attached hydrogens (primary N) is 1.